The molecule has 6 aliphatic heterocycles. The van der Waals surface area contributed by atoms with Crippen molar-refractivity contribution in [1.29, 1.82) is 0 Å². The lowest BCUT2D eigenvalue weighted by molar-refractivity contribution is -0.135. The Balaban J connectivity index is 0.659. The number of aromatic nitrogens is 5. The minimum atomic E-state index is -0.756. The second-order valence-electron chi connectivity index (χ2n) is 26.2. The van der Waals surface area contributed by atoms with E-state index in [-0.39, 0.29) is 84.0 Å². The first-order valence-corrected chi connectivity index (χ1v) is 31.3. The summed E-state index contributed by atoms with van der Waals surface area (Å²) in [5.74, 6) is 3.21. The zero-order valence-corrected chi connectivity index (χ0v) is 51.0. The van der Waals surface area contributed by atoms with Gasteiger partial charge in [-0.25, -0.2) is 18.4 Å². The van der Waals surface area contributed by atoms with E-state index in [1.165, 1.54) is 32.4 Å². The van der Waals surface area contributed by atoms with Crippen LogP contribution < -0.4 is 30.3 Å². The quantitative estimate of drug-likeness (QED) is 0.0549. The summed E-state index contributed by atoms with van der Waals surface area (Å²) in [7, 11) is 1.49. The number of carbonyl (C=O) groups excluding carboxylic acids is 3. The summed E-state index contributed by atoms with van der Waals surface area (Å²) in [6.45, 7) is 18.5. The van der Waals surface area contributed by atoms with Crippen molar-refractivity contribution in [3.63, 3.8) is 0 Å². The standard InChI is InChI=1S/C66H81F2N11O8/c1-8-49-52(67)13-9-44-32-48(86-39-84-7)34-50(57(44)49)59-58(68)60-51(35-69-59)61(76-37-46-10-11-47(38-76)78(46)65(83)87-66(4,5)6)72-63(71-60)85-30-29-73-23-19-43(20-24-73)36-74-25-17-41(18-26-74)31-42-21-27-75(28-22-42)45-12-14-53-55(33-45)77(40(2)3)64(82)79(53)54-15-16-56(80)70-62(54)81/h1,9,12-14,32-35,40-43,46-47,54H,10-11,15-31,36-39H2,2-7H3,(H,70,80,81)/t46-,47+,54?. The highest BCUT2D eigenvalue weighted by atomic mass is 19.1. The number of terminal acetylenes is 1. The number of ether oxygens (including phenoxy) is 4. The van der Waals surface area contributed by atoms with Crippen LogP contribution in [-0.2, 0) is 19.1 Å². The fraction of sp³-hybridized carbons (Fsp3) is 0.561. The second-order valence-corrected chi connectivity index (χ2v) is 26.2. The first kappa shape index (κ1) is 59.9. The summed E-state index contributed by atoms with van der Waals surface area (Å²) in [5.41, 5.74) is 1.86. The molecule has 6 saturated heterocycles. The molecule has 0 aliphatic carbocycles. The van der Waals surface area contributed by atoms with E-state index in [0.717, 1.165) is 107 Å². The first-order valence-electron chi connectivity index (χ1n) is 31.3. The molecule has 3 amide bonds. The second kappa shape index (κ2) is 25.0. The summed E-state index contributed by atoms with van der Waals surface area (Å²) in [6, 6.07) is 11.2. The van der Waals surface area contributed by atoms with Crippen molar-refractivity contribution in [3.05, 3.63) is 76.3 Å². The summed E-state index contributed by atoms with van der Waals surface area (Å²) >= 11 is 0. The number of amides is 3. The van der Waals surface area contributed by atoms with Gasteiger partial charge in [0.25, 0.3) is 0 Å². The van der Waals surface area contributed by atoms with E-state index in [1.807, 2.05) is 45.6 Å². The number of nitrogens with zero attached hydrogens (tertiary/aromatic N) is 10. The van der Waals surface area contributed by atoms with E-state index in [1.54, 1.807) is 33.5 Å². The van der Waals surface area contributed by atoms with Gasteiger partial charge in [0.1, 0.15) is 46.8 Å². The molecule has 3 aromatic heterocycles. The Morgan fingerprint density at radius 3 is 2.20 bits per heavy atom. The monoisotopic (exact) mass is 1190 g/mol. The van der Waals surface area contributed by atoms with Gasteiger partial charge in [0, 0.05) is 81.7 Å². The fourth-order valence-electron chi connectivity index (χ4n) is 14.6. The van der Waals surface area contributed by atoms with Gasteiger partial charge in [-0.05, 0) is 185 Å². The van der Waals surface area contributed by atoms with E-state index in [0.29, 0.717) is 65.6 Å². The van der Waals surface area contributed by atoms with E-state index in [9.17, 15) is 19.2 Å². The van der Waals surface area contributed by atoms with E-state index in [2.05, 4.69) is 48.0 Å². The van der Waals surface area contributed by atoms with Crippen molar-refractivity contribution in [2.45, 2.75) is 135 Å². The highest BCUT2D eigenvalue weighted by Crippen LogP contribution is 2.42. The molecule has 462 valence electrons. The van der Waals surface area contributed by atoms with Gasteiger partial charge < -0.3 is 33.6 Å². The van der Waals surface area contributed by atoms with Crippen molar-refractivity contribution in [3.8, 4) is 35.4 Å². The van der Waals surface area contributed by atoms with Crippen LogP contribution in [0, 0.1) is 41.7 Å². The molecule has 6 fully saturated rings. The lowest BCUT2D eigenvalue weighted by Crippen LogP contribution is -2.57. The van der Waals surface area contributed by atoms with Crippen molar-refractivity contribution >= 4 is 62.1 Å². The van der Waals surface area contributed by atoms with Gasteiger partial charge in [0.05, 0.1) is 34.1 Å². The van der Waals surface area contributed by atoms with Gasteiger partial charge in [-0.15, -0.1) is 6.42 Å². The van der Waals surface area contributed by atoms with Crippen LogP contribution in [0.1, 0.15) is 123 Å². The molecular formula is C66H81F2N11O8. The Bertz CT molecular complexity index is 3670. The van der Waals surface area contributed by atoms with Crippen LogP contribution in [0.5, 0.6) is 11.8 Å². The van der Waals surface area contributed by atoms with Crippen LogP contribution in [0.15, 0.2) is 53.5 Å². The third-order valence-corrected chi connectivity index (χ3v) is 19.0. The number of likely N-dealkylation sites (tertiary alicyclic amines) is 2. The number of methoxy groups -OCH3 is 1. The smallest absolute Gasteiger partial charge is 0.410 e. The van der Waals surface area contributed by atoms with E-state index < -0.39 is 29.2 Å². The molecule has 1 unspecified atom stereocenters. The van der Waals surface area contributed by atoms with Crippen molar-refractivity contribution < 1.29 is 42.1 Å². The van der Waals surface area contributed by atoms with Crippen molar-refractivity contribution in [1.82, 2.24) is 44.1 Å². The minimum Gasteiger partial charge on any atom is -0.468 e. The first-order chi connectivity index (χ1) is 41.9. The number of hydrogen-bond donors (Lipinski definition) is 1. The summed E-state index contributed by atoms with van der Waals surface area (Å²) in [4.78, 5) is 77.9. The number of nitrogens with one attached hydrogen (secondary N) is 1. The van der Waals surface area contributed by atoms with Gasteiger partial charge in [0.2, 0.25) is 11.8 Å². The third kappa shape index (κ3) is 12.4. The fourth-order valence-corrected chi connectivity index (χ4v) is 14.6. The molecule has 0 spiro atoms. The maximum Gasteiger partial charge on any atom is 0.410 e. The maximum absolute atomic E-state index is 17.6. The predicted octanol–water partition coefficient (Wildman–Crippen LogP) is 9.46. The Morgan fingerprint density at radius 1 is 0.816 bits per heavy atom. The Kier molecular flexibility index (Phi) is 17.2. The van der Waals surface area contributed by atoms with Crippen molar-refractivity contribution in [2.24, 2.45) is 17.8 Å². The average Bonchev–Trinajstić information content (AvgIpc) is 1.93. The number of piperidine rings is 4. The molecular weight excluding hydrogens is 1110 g/mol. The lowest BCUT2D eigenvalue weighted by atomic mass is 9.82. The normalized spacial score (nSPS) is 21.4. The number of benzene rings is 3. The largest absolute Gasteiger partial charge is 0.468 e. The van der Waals surface area contributed by atoms with Gasteiger partial charge in [-0.2, -0.15) is 9.97 Å². The number of rotatable bonds is 16. The van der Waals surface area contributed by atoms with E-state index in [4.69, 9.17) is 35.3 Å². The number of hydrogen-bond acceptors (Lipinski definition) is 15. The molecule has 21 heteroatoms. The van der Waals surface area contributed by atoms with Gasteiger partial charge in [-0.1, -0.05) is 12.0 Å². The lowest BCUT2D eigenvalue weighted by Gasteiger charge is -2.42. The molecule has 19 nitrogen and oxygen atoms in total. The molecule has 87 heavy (non-hydrogen) atoms. The number of anilines is 2. The maximum atomic E-state index is 17.6. The predicted molar refractivity (Wildman–Crippen MR) is 329 cm³/mol. The molecule has 2 bridgehead atoms. The van der Waals surface area contributed by atoms with Gasteiger partial charge in [0.15, 0.2) is 12.6 Å². The van der Waals surface area contributed by atoms with Crippen LogP contribution in [0.2, 0.25) is 0 Å². The Morgan fingerprint density at radius 2 is 1.52 bits per heavy atom. The van der Waals surface area contributed by atoms with Crippen LogP contribution in [0.25, 0.3) is 44.0 Å². The number of fused-ring (bicyclic) bond motifs is 5. The summed E-state index contributed by atoms with van der Waals surface area (Å²) in [6.07, 6.45) is 17.4. The van der Waals surface area contributed by atoms with Crippen molar-refractivity contribution in [2.75, 3.05) is 95.8 Å². The summed E-state index contributed by atoms with van der Waals surface area (Å²) < 4.78 is 59.5. The van der Waals surface area contributed by atoms with Crippen LogP contribution in [-0.4, -0.2) is 160 Å². The molecule has 3 atom stereocenters. The summed E-state index contributed by atoms with van der Waals surface area (Å²) in [5, 5.41) is 3.63. The number of pyridine rings is 1. The highest BCUT2D eigenvalue weighted by molar-refractivity contribution is 6.03. The van der Waals surface area contributed by atoms with Crippen LogP contribution >= 0.6 is 0 Å². The number of imide groups is 1. The van der Waals surface area contributed by atoms with Gasteiger partial charge in [-0.3, -0.25) is 38.8 Å². The third-order valence-electron chi connectivity index (χ3n) is 19.0. The van der Waals surface area contributed by atoms with E-state index >= 15 is 8.78 Å². The molecule has 3 aromatic carbocycles. The Hall–Kier alpha value is -7.41. The number of imidazole rings is 1. The molecule has 9 heterocycles. The Labute approximate surface area is 506 Å². The molecule has 6 aliphatic rings. The molecule has 12 rings (SSSR count). The van der Waals surface area contributed by atoms with Gasteiger partial charge >= 0.3 is 17.8 Å². The molecule has 6 aromatic rings. The topological polar surface area (TPSA) is 182 Å². The van der Waals surface area contributed by atoms with Crippen LogP contribution in [0.4, 0.5) is 25.1 Å². The number of carbonyl (C=O) groups is 3. The van der Waals surface area contributed by atoms with Crippen LogP contribution in [0.3, 0.4) is 0 Å². The SMILES string of the molecule is C#Cc1c(F)ccc2cc(OCOC)cc(-c3ncc4c(N5C[C@H]6CC[C@@H](C5)N6C(=O)OC(C)(C)C)nc(OCCN5CCC(CN6CCC(CC7CCN(c8ccc9c(c8)n(C(C)C)c(=O)n9C8CCC(=O)NC8=O)CC7)CC6)CC5)nc4c3F)c12. The molecule has 0 radical (unpaired) electrons. The molecule has 0 saturated carbocycles. The highest BCUT2D eigenvalue weighted by Gasteiger charge is 2.45. The molecule has 1 N–H and O–H groups in total. The average molecular weight is 1190 g/mol. The minimum absolute atomic E-state index is 0.0156. The zero-order chi connectivity index (χ0) is 60.8. The number of halogens is 2. The number of piperazine rings is 1. The zero-order valence-electron chi connectivity index (χ0n) is 51.0.